The molecule has 1 heterocycles. The normalized spacial score (nSPS) is 14.3. The third-order valence-corrected chi connectivity index (χ3v) is 2.89. The minimum Gasteiger partial charge on any atom is -0.388 e. The summed E-state index contributed by atoms with van der Waals surface area (Å²) < 4.78 is 0. The average molecular weight is 263 g/mol. The highest BCUT2D eigenvalue weighted by Crippen LogP contribution is 2.21. The van der Waals surface area contributed by atoms with Gasteiger partial charge in [-0.3, -0.25) is 4.79 Å². The number of nitrogens with zero attached hydrogens (tertiary/aromatic N) is 1. The summed E-state index contributed by atoms with van der Waals surface area (Å²) in [5.41, 5.74) is 2.19. The number of aryl methyl sites for hydroxylation is 1. The van der Waals surface area contributed by atoms with Gasteiger partial charge in [0.15, 0.2) is 0 Å². The fraction of sp³-hybridized carbons (Fsp3) is 0.385. The molecule has 19 heavy (non-hydrogen) atoms. The van der Waals surface area contributed by atoms with Crippen molar-refractivity contribution in [1.29, 1.82) is 0 Å². The lowest BCUT2D eigenvalue weighted by atomic mass is 10.0. The van der Waals surface area contributed by atoms with Crippen molar-refractivity contribution in [3.8, 4) is 0 Å². The number of rotatable bonds is 4. The van der Waals surface area contributed by atoms with E-state index in [9.17, 15) is 15.0 Å². The van der Waals surface area contributed by atoms with Crippen LogP contribution in [0.2, 0.25) is 0 Å². The van der Waals surface area contributed by atoms with Crippen molar-refractivity contribution in [3.05, 3.63) is 29.6 Å². The maximum absolute atomic E-state index is 10.8. The first-order chi connectivity index (χ1) is 8.97. The van der Waals surface area contributed by atoms with Gasteiger partial charge in [-0.15, -0.1) is 0 Å². The van der Waals surface area contributed by atoms with Gasteiger partial charge in [0, 0.05) is 13.5 Å². The molecular formula is C13H17N3O3. The Kier molecular flexibility index (Phi) is 3.82. The van der Waals surface area contributed by atoms with Crippen LogP contribution in [0.4, 0.5) is 0 Å². The molecule has 0 aliphatic heterocycles. The number of fused-ring (bicyclic) bond motifs is 1. The highest BCUT2D eigenvalue weighted by Gasteiger charge is 2.19. The Morgan fingerprint density at radius 2 is 2.21 bits per heavy atom. The quantitative estimate of drug-likeness (QED) is 0.642. The van der Waals surface area contributed by atoms with Crippen LogP contribution >= 0.6 is 0 Å². The number of aliphatic hydroxyl groups is 2. The SMILES string of the molecule is CC(=O)NCC(O)C(O)c1ccc2nc(C)[nH]c2c1. The predicted molar refractivity (Wildman–Crippen MR) is 70.5 cm³/mol. The number of nitrogens with one attached hydrogen (secondary N) is 2. The summed E-state index contributed by atoms with van der Waals surface area (Å²) in [5, 5.41) is 22.3. The van der Waals surface area contributed by atoms with Gasteiger partial charge in [0.2, 0.25) is 5.91 Å². The summed E-state index contributed by atoms with van der Waals surface area (Å²) >= 11 is 0. The Balaban J connectivity index is 2.15. The van der Waals surface area contributed by atoms with Gasteiger partial charge in [-0.05, 0) is 24.6 Å². The lowest BCUT2D eigenvalue weighted by Gasteiger charge is -2.18. The largest absolute Gasteiger partial charge is 0.388 e. The van der Waals surface area contributed by atoms with Crippen molar-refractivity contribution in [3.63, 3.8) is 0 Å². The van der Waals surface area contributed by atoms with Crippen LogP contribution in [0, 0.1) is 6.92 Å². The van der Waals surface area contributed by atoms with E-state index < -0.39 is 12.2 Å². The van der Waals surface area contributed by atoms with Gasteiger partial charge in [-0.1, -0.05) is 6.07 Å². The third-order valence-electron chi connectivity index (χ3n) is 2.89. The van der Waals surface area contributed by atoms with Crippen molar-refractivity contribution in [2.24, 2.45) is 0 Å². The molecule has 0 fully saturated rings. The van der Waals surface area contributed by atoms with Crippen molar-refractivity contribution in [2.45, 2.75) is 26.1 Å². The number of aromatic amines is 1. The fourth-order valence-electron chi connectivity index (χ4n) is 1.92. The standard InChI is InChI=1S/C13H17N3O3/c1-7-15-10-4-3-9(5-11(10)16-7)13(19)12(18)6-14-8(2)17/h3-5,12-13,18-19H,6H2,1-2H3,(H,14,17)(H,15,16). The van der Waals surface area contributed by atoms with Gasteiger partial charge in [-0.2, -0.15) is 0 Å². The first kappa shape index (κ1) is 13.5. The predicted octanol–water partition coefficient (Wildman–Crippen LogP) is 0.402. The summed E-state index contributed by atoms with van der Waals surface area (Å²) in [4.78, 5) is 18.1. The molecular weight excluding hydrogens is 246 g/mol. The van der Waals surface area contributed by atoms with E-state index in [1.54, 1.807) is 18.2 Å². The molecule has 2 rings (SSSR count). The van der Waals surface area contributed by atoms with Gasteiger partial charge < -0.3 is 20.5 Å². The van der Waals surface area contributed by atoms with Crippen LogP contribution in [0.15, 0.2) is 18.2 Å². The van der Waals surface area contributed by atoms with Crippen LogP contribution < -0.4 is 5.32 Å². The third kappa shape index (κ3) is 3.10. The molecule has 102 valence electrons. The van der Waals surface area contributed by atoms with Gasteiger partial charge in [0.05, 0.1) is 11.0 Å². The summed E-state index contributed by atoms with van der Waals surface area (Å²) in [5.74, 6) is 0.548. The highest BCUT2D eigenvalue weighted by atomic mass is 16.3. The Bertz CT molecular complexity index is 594. The van der Waals surface area contributed by atoms with Gasteiger partial charge in [0.1, 0.15) is 18.0 Å². The number of aliphatic hydroxyl groups excluding tert-OH is 2. The minimum atomic E-state index is -1.06. The molecule has 2 aromatic rings. The number of hydrogen-bond acceptors (Lipinski definition) is 4. The van der Waals surface area contributed by atoms with E-state index in [2.05, 4.69) is 15.3 Å². The lowest BCUT2D eigenvalue weighted by molar-refractivity contribution is -0.119. The molecule has 1 amide bonds. The van der Waals surface area contributed by atoms with Crippen molar-refractivity contribution < 1.29 is 15.0 Å². The second-order valence-corrected chi connectivity index (χ2v) is 4.55. The maximum atomic E-state index is 10.8. The number of imidazole rings is 1. The molecule has 4 N–H and O–H groups in total. The Hall–Kier alpha value is -1.92. The molecule has 0 saturated carbocycles. The molecule has 0 spiro atoms. The topological polar surface area (TPSA) is 98.2 Å². The Morgan fingerprint density at radius 3 is 2.89 bits per heavy atom. The molecule has 2 atom stereocenters. The molecule has 1 aromatic heterocycles. The van der Waals surface area contributed by atoms with E-state index in [0.29, 0.717) is 5.56 Å². The molecule has 0 saturated heterocycles. The van der Waals surface area contributed by atoms with Crippen LogP contribution in [0.3, 0.4) is 0 Å². The van der Waals surface area contributed by atoms with Crippen LogP contribution in [-0.2, 0) is 4.79 Å². The van der Waals surface area contributed by atoms with Gasteiger partial charge in [0.25, 0.3) is 0 Å². The van der Waals surface area contributed by atoms with Crippen LogP contribution in [0.1, 0.15) is 24.4 Å². The van der Waals surface area contributed by atoms with Gasteiger partial charge in [-0.25, -0.2) is 4.98 Å². The maximum Gasteiger partial charge on any atom is 0.216 e. The molecule has 1 aromatic carbocycles. The first-order valence-corrected chi connectivity index (χ1v) is 6.04. The zero-order valence-electron chi connectivity index (χ0n) is 10.8. The van der Waals surface area contributed by atoms with E-state index in [4.69, 9.17) is 0 Å². The molecule has 2 unspecified atom stereocenters. The molecule has 6 heteroatoms. The van der Waals surface area contributed by atoms with E-state index in [1.807, 2.05) is 6.92 Å². The first-order valence-electron chi connectivity index (χ1n) is 6.04. The molecule has 0 radical (unpaired) electrons. The molecule has 0 bridgehead atoms. The Labute approximate surface area is 110 Å². The number of aromatic nitrogens is 2. The zero-order chi connectivity index (χ0) is 14.0. The number of amides is 1. The number of carbonyl (C=O) groups is 1. The second kappa shape index (κ2) is 5.38. The number of H-pyrrole nitrogens is 1. The van der Waals surface area contributed by atoms with Crippen LogP contribution in [0.5, 0.6) is 0 Å². The molecule has 6 nitrogen and oxygen atoms in total. The van der Waals surface area contributed by atoms with Gasteiger partial charge >= 0.3 is 0 Å². The highest BCUT2D eigenvalue weighted by molar-refractivity contribution is 5.76. The smallest absolute Gasteiger partial charge is 0.216 e. The minimum absolute atomic E-state index is 0.0105. The molecule has 0 aliphatic carbocycles. The van der Waals surface area contributed by atoms with Crippen LogP contribution in [-0.4, -0.2) is 38.7 Å². The number of hydrogen-bond donors (Lipinski definition) is 4. The van der Waals surface area contributed by atoms with Crippen molar-refractivity contribution >= 4 is 16.9 Å². The Morgan fingerprint density at radius 1 is 1.47 bits per heavy atom. The monoisotopic (exact) mass is 263 g/mol. The summed E-state index contributed by atoms with van der Waals surface area (Å²) in [6.45, 7) is 3.22. The number of carbonyl (C=O) groups excluding carboxylic acids is 1. The number of benzene rings is 1. The van der Waals surface area contributed by atoms with E-state index >= 15 is 0 Å². The van der Waals surface area contributed by atoms with E-state index in [0.717, 1.165) is 16.9 Å². The average Bonchev–Trinajstić information content (AvgIpc) is 2.73. The van der Waals surface area contributed by atoms with E-state index in [-0.39, 0.29) is 12.5 Å². The summed E-state index contributed by atoms with van der Waals surface area (Å²) in [6, 6.07) is 5.24. The van der Waals surface area contributed by atoms with Crippen molar-refractivity contribution in [2.75, 3.05) is 6.54 Å². The fourth-order valence-corrected chi connectivity index (χ4v) is 1.92. The van der Waals surface area contributed by atoms with Crippen LogP contribution in [0.25, 0.3) is 11.0 Å². The van der Waals surface area contributed by atoms with E-state index in [1.165, 1.54) is 6.92 Å². The zero-order valence-corrected chi connectivity index (χ0v) is 10.8. The summed E-state index contributed by atoms with van der Waals surface area (Å²) in [7, 11) is 0. The lowest BCUT2D eigenvalue weighted by Crippen LogP contribution is -2.34. The summed E-state index contributed by atoms with van der Waals surface area (Å²) in [6.07, 6.45) is -2.11. The second-order valence-electron chi connectivity index (χ2n) is 4.55. The molecule has 0 aliphatic rings. The van der Waals surface area contributed by atoms with Crippen molar-refractivity contribution in [1.82, 2.24) is 15.3 Å².